The average Bonchev–Trinajstić information content (AvgIpc) is 3.45. The molecule has 0 heterocycles. The van der Waals surface area contributed by atoms with Crippen LogP contribution in [0.15, 0.2) is 36.4 Å². The van der Waals surface area contributed by atoms with E-state index < -0.39 is 10.8 Å². The first-order valence-electron chi connectivity index (χ1n) is 8.69. The van der Waals surface area contributed by atoms with Crippen LogP contribution in [0, 0.1) is 10.1 Å². The molecule has 1 fully saturated rings. The quantitative estimate of drug-likeness (QED) is 0.497. The van der Waals surface area contributed by atoms with Gasteiger partial charge in [-0.3, -0.25) is 19.7 Å². The summed E-state index contributed by atoms with van der Waals surface area (Å²) in [6, 6.07) is 9.34. The molecule has 2 amide bonds. The molecule has 0 saturated heterocycles. The third-order valence-electron chi connectivity index (χ3n) is 4.16. The van der Waals surface area contributed by atoms with Crippen molar-refractivity contribution in [3.05, 3.63) is 52.1 Å². The molecule has 0 unspecified atom stereocenters. The Hall–Kier alpha value is -3.62. The third kappa shape index (κ3) is 4.56. The van der Waals surface area contributed by atoms with Gasteiger partial charge in [0, 0.05) is 30.3 Å². The van der Waals surface area contributed by atoms with Gasteiger partial charge in [0.25, 0.3) is 11.6 Å². The van der Waals surface area contributed by atoms with Gasteiger partial charge >= 0.3 is 0 Å². The number of nitro benzene ring substituents is 1. The number of carbonyl (C=O) groups excluding carboxylic acids is 2. The summed E-state index contributed by atoms with van der Waals surface area (Å²) in [5, 5.41) is 19.8. The van der Waals surface area contributed by atoms with E-state index in [1.165, 1.54) is 32.2 Å². The zero-order valence-corrected chi connectivity index (χ0v) is 15.4. The van der Waals surface area contributed by atoms with Crippen molar-refractivity contribution in [1.82, 2.24) is 0 Å². The number of methoxy groups -OCH3 is 1. The molecule has 2 aromatic carbocycles. The molecule has 3 rings (SSSR count). The molecule has 0 bridgehead atoms. The molecular formula is C19H20N4O5. The lowest BCUT2D eigenvalue weighted by atomic mass is 10.1. The summed E-state index contributed by atoms with van der Waals surface area (Å²) in [7, 11) is 1.45. The van der Waals surface area contributed by atoms with Crippen molar-refractivity contribution in [3.63, 3.8) is 0 Å². The van der Waals surface area contributed by atoms with E-state index in [0.717, 1.165) is 12.8 Å². The first kappa shape index (κ1) is 19.2. The van der Waals surface area contributed by atoms with Crippen LogP contribution in [0.25, 0.3) is 0 Å². The van der Waals surface area contributed by atoms with Gasteiger partial charge in [0.1, 0.15) is 11.4 Å². The van der Waals surface area contributed by atoms with Crippen LogP contribution in [-0.4, -0.2) is 29.9 Å². The third-order valence-corrected chi connectivity index (χ3v) is 4.16. The Labute approximate surface area is 161 Å². The summed E-state index contributed by atoms with van der Waals surface area (Å²) >= 11 is 0. The number of hydrogen-bond donors (Lipinski definition) is 3. The van der Waals surface area contributed by atoms with Gasteiger partial charge in [-0.25, -0.2) is 0 Å². The number of nitrogens with zero attached hydrogens (tertiary/aromatic N) is 1. The topological polar surface area (TPSA) is 123 Å². The van der Waals surface area contributed by atoms with Crippen LogP contribution in [-0.2, 0) is 4.79 Å². The zero-order valence-electron chi connectivity index (χ0n) is 15.4. The maximum Gasteiger partial charge on any atom is 0.293 e. The second kappa shape index (κ2) is 7.95. The predicted octanol–water partition coefficient (Wildman–Crippen LogP) is 3.39. The van der Waals surface area contributed by atoms with E-state index in [-0.39, 0.29) is 23.2 Å². The molecule has 0 aromatic heterocycles. The monoisotopic (exact) mass is 384 g/mol. The predicted molar refractivity (Wildman–Crippen MR) is 105 cm³/mol. The van der Waals surface area contributed by atoms with Gasteiger partial charge in [-0.1, -0.05) is 0 Å². The number of nitro groups is 1. The van der Waals surface area contributed by atoms with E-state index in [1.54, 1.807) is 18.2 Å². The highest BCUT2D eigenvalue weighted by Crippen LogP contribution is 2.32. The number of amides is 2. The van der Waals surface area contributed by atoms with Crippen molar-refractivity contribution in [1.29, 1.82) is 0 Å². The molecule has 28 heavy (non-hydrogen) atoms. The van der Waals surface area contributed by atoms with Crippen molar-refractivity contribution in [2.75, 3.05) is 23.1 Å². The zero-order chi connectivity index (χ0) is 20.3. The summed E-state index contributed by atoms with van der Waals surface area (Å²) in [4.78, 5) is 34.7. The van der Waals surface area contributed by atoms with Gasteiger partial charge in [0.05, 0.1) is 17.7 Å². The highest BCUT2D eigenvalue weighted by molar-refractivity contribution is 6.06. The SMILES string of the molecule is COc1ccc(NC(C)=O)cc1NC(=O)c1ccc(NC2CC2)c([N+](=O)[O-])c1. The lowest BCUT2D eigenvalue weighted by Gasteiger charge is -2.13. The molecule has 9 nitrogen and oxygen atoms in total. The van der Waals surface area contributed by atoms with Gasteiger partial charge in [0.2, 0.25) is 5.91 Å². The molecule has 9 heteroatoms. The lowest BCUT2D eigenvalue weighted by Crippen LogP contribution is -2.14. The Balaban J connectivity index is 1.85. The van der Waals surface area contributed by atoms with E-state index in [2.05, 4.69) is 16.0 Å². The van der Waals surface area contributed by atoms with Gasteiger partial charge < -0.3 is 20.7 Å². The number of nitrogens with one attached hydrogen (secondary N) is 3. The Morgan fingerprint density at radius 1 is 1.11 bits per heavy atom. The van der Waals surface area contributed by atoms with Gasteiger partial charge in [0.15, 0.2) is 0 Å². The van der Waals surface area contributed by atoms with Crippen LogP contribution in [0.3, 0.4) is 0 Å². The van der Waals surface area contributed by atoms with E-state index in [1.807, 2.05) is 0 Å². The Morgan fingerprint density at radius 2 is 1.86 bits per heavy atom. The van der Waals surface area contributed by atoms with Crippen molar-refractivity contribution < 1.29 is 19.2 Å². The number of hydrogen-bond acceptors (Lipinski definition) is 6. The second-order valence-electron chi connectivity index (χ2n) is 6.46. The molecule has 146 valence electrons. The number of benzene rings is 2. The average molecular weight is 384 g/mol. The van der Waals surface area contributed by atoms with Crippen molar-refractivity contribution in [2.45, 2.75) is 25.8 Å². The minimum Gasteiger partial charge on any atom is -0.495 e. The summed E-state index contributed by atoms with van der Waals surface area (Å²) in [5.74, 6) is -0.389. The number of rotatable bonds is 7. The summed E-state index contributed by atoms with van der Waals surface area (Å²) in [6.07, 6.45) is 1.95. The van der Waals surface area contributed by atoms with Crippen LogP contribution >= 0.6 is 0 Å². The van der Waals surface area contributed by atoms with Gasteiger partial charge in [-0.15, -0.1) is 0 Å². The number of carbonyl (C=O) groups is 2. The Bertz CT molecular complexity index is 940. The van der Waals surface area contributed by atoms with Crippen LogP contribution in [0.5, 0.6) is 5.75 Å². The van der Waals surface area contributed by atoms with Crippen molar-refractivity contribution in [2.24, 2.45) is 0 Å². The summed E-state index contributed by atoms with van der Waals surface area (Å²) in [6.45, 7) is 1.37. The molecule has 1 aliphatic carbocycles. The van der Waals surface area contributed by atoms with Gasteiger partial charge in [-0.2, -0.15) is 0 Å². The van der Waals surface area contributed by atoms with Crippen LogP contribution < -0.4 is 20.7 Å². The summed E-state index contributed by atoms with van der Waals surface area (Å²) in [5.41, 5.74) is 1.20. The van der Waals surface area contributed by atoms with Crippen molar-refractivity contribution in [3.8, 4) is 5.75 Å². The highest BCUT2D eigenvalue weighted by Gasteiger charge is 2.25. The van der Waals surface area contributed by atoms with E-state index in [4.69, 9.17) is 4.74 Å². The normalized spacial score (nSPS) is 12.8. The standard InChI is InChI=1S/C19H20N4O5/c1-11(24)20-14-6-8-18(28-2)16(10-14)22-19(25)12-3-7-15(21-13-4-5-13)17(9-12)23(26)27/h3,6-10,13,21H,4-5H2,1-2H3,(H,20,24)(H,22,25). The fourth-order valence-corrected chi connectivity index (χ4v) is 2.67. The van der Waals surface area contributed by atoms with Crippen LogP contribution in [0.4, 0.5) is 22.7 Å². The Morgan fingerprint density at radius 3 is 2.46 bits per heavy atom. The maximum atomic E-state index is 12.6. The second-order valence-corrected chi connectivity index (χ2v) is 6.46. The molecule has 3 N–H and O–H groups in total. The fraction of sp³-hybridized carbons (Fsp3) is 0.263. The van der Waals surface area contributed by atoms with E-state index in [0.29, 0.717) is 22.8 Å². The summed E-state index contributed by atoms with van der Waals surface area (Å²) < 4.78 is 5.23. The molecule has 0 atom stereocenters. The van der Waals surface area contributed by atoms with Crippen LogP contribution in [0.1, 0.15) is 30.1 Å². The number of ether oxygens (including phenoxy) is 1. The Kier molecular flexibility index (Phi) is 5.44. The smallest absolute Gasteiger partial charge is 0.293 e. The largest absolute Gasteiger partial charge is 0.495 e. The highest BCUT2D eigenvalue weighted by atomic mass is 16.6. The van der Waals surface area contributed by atoms with E-state index >= 15 is 0 Å². The first-order valence-corrected chi connectivity index (χ1v) is 8.69. The van der Waals surface area contributed by atoms with Crippen molar-refractivity contribution >= 4 is 34.6 Å². The molecule has 0 radical (unpaired) electrons. The van der Waals surface area contributed by atoms with Crippen LogP contribution in [0.2, 0.25) is 0 Å². The minimum absolute atomic E-state index is 0.139. The molecule has 0 spiro atoms. The van der Waals surface area contributed by atoms with E-state index in [9.17, 15) is 19.7 Å². The minimum atomic E-state index is -0.528. The molecular weight excluding hydrogens is 364 g/mol. The molecule has 2 aromatic rings. The fourth-order valence-electron chi connectivity index (χ4n) is 2.67. The van der Waals surface area contributed by atoms with Gasteiger partial charge in [-0.05, 0) is 43.2 Å². The first-order chi connectivity index (χ1) is 13.4. The lowest BCUT2D eigenvalue weighted by molar-refractivity contribution is -0.384. The molecule has 1 aliphatic rings. The molecule has 0 aliphatic heterocycles. The maximum absolute atomic E-state index is 12.6. The number of anilines is 3. The molecule has 1 saturated carbocycles.